The van der Waals surface area contributed by atoms with Crippen LogP contribution in [0.5, 0.6) is 0 Å². The average Bonchev–Trinajstić information content (AvgIpc) is 2.60. The number of hydrogen-bond donors (Lipinski definition) is 1. The third kappa shape index (κ3) is 3.61. The molecular weight excluding hydrogens is 364 g/mol. The molecule has 1 saturated carbocycles. The lowest BCUT2D eigenvalue weighted by Crippen LogP contribution is -2.68. The van der Waals surface area contributed by atoms with E-state index in [2.05, 4.69) is 5.32 Å². The van der Waals surface area contributed by atoms with E-state index >= 15 is 0 Å². The van der Waals surface area contributed by atoms with Gasteiger partial charge in [-0.15, -0.1) is 0 Å². The van der Waals surface area contributed by atoms with Crippen LogP contribution in [0.4, 0.5) is 0 Å². The SMILES string of the molecule is CC(=O)NC(C)(C(=O)N1CCC12CCCCC2)c1ccc(S(C)(=O)=O)cc1. The number of nitrogens with one attached hydrogen (secondary N) is 1. The minimum Gasteiger partial charge on any atom is -0.339 e. The Labute approximate surface area is 161 Å². The van der Waals surface area contributed by atoms with E-state index in [9.17, 15) is 18.0 Å². The summed E-state index contributed by atoms with van der Waals surface area (Å²) in [6, 6.07) is 6.23. The number of rotatable bonds is 4. The van der Waals surface area contributed by atoms with E-state index in [0.717, 1.165) is 38.4 Å². The fourth-order valence-electron chi connectivity index (χ4n) is 4.49. The molecule has 0 aromatic heterocycles. The third-order valence-electron chi connectivity index (χ3n) is 6.12. The minimum atomic E-state index is -3.32. The van der Waals surface area contributed by atoms with E-state index in [1.165, 1.54) is 25.5 Å². The van der Waals surface area contributed by atoms with Crippen molar-refractivity contribution >= 4 is 21.7 Å². The third-order valence-corrected chi connectivity index (χ3v) is 7.24. The number of likely N-dealkylation sites (tertiary alicyclic amines) is 1. The summed E-state index contributed by atoms with van der Waals surface area (Å²) in [6.45, 7) is 3.80. The summed E-state index contributed by atoms with van der Waals surface area (Å²) in [7, 11) is -3.32. The highest BCUT2D eigenvalue weighted by molar-refractivity contribution is 7.90. The fourth-order valence-corrected chi connectivity index (χ4v) is 5.12. The maximum atomic E-state index is 13.5. The zero-order valence-electron chi connectivity index (χ0n) is 16.2. The molecule has 2 fully saturated rings. The van der Waals surface area contributed by atoms with Gasteiger partial charge in [0, 0.05) is 25.3 Å². The summed E-state index contributed by atoms with van der Waals surface area (Å²) in [5.74, 6) is -0.408. The maximum absolute atomic E-state index is 13.5. The number of amides is 2. The molecule has 1 saturated heterocycles. The van der Waals surface area contributed by atoms with Crippen LogP contribution < -0.4 is 5.32 Å². The Balaban J connectivity index is 1.95. The molecule has 0 radical (unpaired) electrons. The first-order valence-electron chi connectivity index (χ1n) is 9.50. The number of carbonyl (C=O) groups is 2. The zero-order chi connectivity index (χ0) is 19.9. The second-order valence-corrected chi connectivity index (χ2v) is 10.1. The zero-order valence-corrected chi connectivity index (χ0v) is 17.1. The lowest BCUT2D eigenvalue weighted by Gasteiger charge is -2.57. The molecule has 1 aliphatic carbocycles. The van der Waals surface area contributed by atoms with Crippen LogP contribution in [0.1, 0.15) is 57.9 Å². The normalized spacial score (nSPS) is 21.2. The van der Waals surface area contributed by atoms with Gasteiger partial charge in [0.25, 0.3) is 5.91 Å². The molecule has 7 heteroatoms. The molecule has 1 atom stereocenters. The topological polar surface area (TPSA) is 83.6 Å². The molecule has 6 nitrogen and oxygen atoms in total. The first-order valence-corrected chi connectivity index (χ1v) is 11.4. The number of hydrogen-bond acceptors (Lipinski definition) is 4. The first kappa shape index (κ1) is 19.9. The molecule has 1 unspecified atom stereocenters. The lowest BCUT2D eigenvalue weighted by molar-refractivity contribution is -0.159. The molecule has 1 heterocycles. The Morgan fingerprint density at radius 2 is 1.67 bits per heavy atom. The Bertz CT molecular complexity index is 841. The maximum Gasteiger partial charge on any atom is 0.253 e. The van der Waals surface area contributed by atoms with Crippen molar-refractivity contribution in [3.8, 4) is 0 Å². The van der Waals surface area contributed by atoms with Crippen LogP contribution in [0.25, 0.3) is 0 Å². The Kier molecular flexibility index (Phi) is 5.10. The molecule has 0 bridgehead atoms. The second kappa shape index (κ2) is 6.93. The first-order chi connectivity index (χ1) is 12.6. The predicted molar refractivity (Wildman–Crippen MR) is 103 cm³/mol. The summed E-state index contributed by atoms with van der Waals surface area (Å²) in [4.78, 5) is 27.5. The van der Waals surface area contributed by atoms with Gasteiger partial charge >= 0.3 is 0 Å². The van der Waals surface area contributed by atoms with Crippen LogP contribution in [0.2, 0.25) is 0 Å². The van der Waals surface area contributed by atoms with Gasteiger partial charge in [0.1, 0.15) is 5.54 Å². The van der Waals surface area contributed by atoms with Gasteiger partial charge in [-0.1, -0.05) is 31.4 Å². The molecule has 1 N–H and O–H groups in total. The number of benzene rings is 1. The molecule has 1 aromatic rings. The Morgan fingerprint density at radius 1 is 1.07 bits per heavy atom. The lowest BCUT2D eigenvalue weighted by atomic mass is 9.71. The van der Waals surface area contributed by atoms with Gasteiger partial charge in [-0.2, -0.15) is 0 Å². The van der Waals surface area contributed by atoms with Crippen molar-refractivity contribution in [2.45, 2.75) is 68.3 Å². The molecule has 3 rings (SSSR count). The average molecular weight is 393 g/mol. The monoisotopic (exact) mass is 392 g/mol. The largest absolute Gasteiger partial charge is 0.339 e. The standard InChI is InChI=1S/C20H28N2O4S/c1-15(23)21-19(2,16-7-9-17(10-8-16)27(3,25)26)18(24)22-14-13-20(22)11-5-4-6-12-20/h7-10H,4-6,11-14H2,1-3H3,(H,21,23). The highest BCUT2D eigenvalue weighted by Crippen LogP contribution is 2.45. The predicted octanol–water partition coefficient (Wildman–Crippen LogP) is 2.38. The molecule has 27 heavy (non-hydrogen) atoms. The van der Waals surface area contributed by atoms with Crippen molar-refractivity contribution in [3.63, 3.8) is 0 Å². The van der Waals surface area contributed by atoms with Crippen molar-refractivity contribution in [3.05, 3.63) is 29.8 Å². The Morgan fingerprint density at radius 3 is 2.11 bits per heavy atom. The van der Waals surface area contributed by atoms with Crippen LogP contribution in [0.3, 0.4) is 0 Å². The minimum absolute atomic E-state index is 0.0677. The van der Waals surface area contributed by atoms with Crippen molar-refractivity contribution in [2.75, 3.05) is 12.8 Å². The smallest absolute Gasteiger partial charge is 0.253 e. The highest BCUT2D eigenvalue weighted by Gasteiger charge is 2.52. The van der Waals surface area contributed by atoms with E-state index in [-0.39, 0.29) is 22.2 Å². The van der Waals surface area contributed by atoms with E-state index < -0.39 is 15.4 Å². The number of carbonyl (C=O) groups excluding carboxylic acids is 2. The van der Waals surface area contributed by atoms with Gasteiger partial charge in [0.15, 0.2) is 9.84 Å². The van der Waals surface area contributed by atoms with E-state index in [1.807, 2.05) is 4.90 Å². The van der Waals surface area contributed by atoms with Crippen LogP contribution in [-0.4, -0.2) is 43.5 Å². The van der Waals surface area contributed by atoms with Crippen molar-refractivity contribution in [1.29, 1.82) is 0 Å². The van der Waals surface area contributed by atoms with Crippen molar-refractivity contribution in [2.24, 2.45) is 0 Å². The van der Waals surface area contributed by atoms with Gasteiger partial charge in [0.05, 0.1) is 4.90 Å². The molecule has 2 amide bonds. The number of sulfone groups is 1. The summed E-state index contributed by atoms with van der Waals surface area (Å²) in [5.41, 5.74) is -0.693. The summed E-state index contributed by atoms with van der Waals surface area (Å²) in [6.07, 6.45) is 7.66. The summed E-state index contributed by atoms with van der Waals surface area (Å²) in [5, 5.41) is 2.82. The summed E-state index contributed by atoms with van der Waals surface area (Å²) >= 11 is 0. The molecular formula is C20H28N2O4S. The van der Waals surface area contributed by atoms with Gasteiger partial charge < -0.3 is 10.2 Å². The van der Waals surface area contributed by atoms with Gasteiger partial charge in [-0.3, -0.25) is 9.59 Å². The van der Waals surface area contributed by atoms with E-state index in [1.54, 1.807) is 19.1 Å². The van der Waals surface area contributed by atoms with Crippen molar-refractivity contribution in [1.82, 2.24) is 10.2 Å². The Hall–Kier alpha value is -1.89. The van der Waals surface area contributed by atoms with Crippen LogP contribution >= 0.6 is 0 Å². The molecule has 148 valence electrons. The number of nitrogens with zero attached hydrogens (tertiary/aromatic N) is 1. The van der Waals surface area contributed by atoms with Crippen LogP contribution in [0, 0.1) is 0 Å². The highest BCUT2D eigenvalue weighted by atomic mass is 32.2. The molecule has 1 aromatic carbocycles. The molecule has 1 aliphatic heterocycles. The van der Waals surface area contributed by atoms with Crippen molar-refractivity contribution < 1.29 is 18.0 Å². The molecule has 2 aliphatic rings. The summed E-state index contributed by atoms with van der Waals surface area (Å²) < 4.78 is 23.5. The fraction of sp³-hybridized carbons (Fsp3) is 0.600. The second-order valence-electron chi connectivity index (χ2n) is 8.09. The van der Waals surface area contributed by atoms with E-state index in [4.69, 9.17) is 0 Å². The van der Waals surface area contributed by atoms with Crippen LogP contribution in [-0.2, 0) is 25.0 Å². The van der Waals surface area contributed by atoms with Gasteiger partial charge in [0.2, 0.25) is 5.91 Å². The quantitative estimate of drug-likeness (QED) is 0.853. The van der Waals surface area contributed by atoms with Gasteiger partial charge in [-0.05, 0) is 43.9 Å². The van der Waals surface area contributed by atoms with Crippen LogP contribution in [0.15, 0.2) is 29.2 Å². The molecule has 1 spiro atoms. The van der Waals surface area contributed by atoms with E-state index in [0.29, 0.717) is 12.1 Å². The van der Waals surface area contributed by atoms with Gasteiger partial charge in [-0.25, -0.2) is 8.42 Å².